The molecule has 1 heterocycles. The molecule has 0 amide bonds. The third-order valence-corrected chi connectivity index (χ3v) is 2.24. The molecule has 1 aromatic heterocycles. The first-order chi connectivity index (χ1) is 4.74. The highest BCUT2D eigenvalue weighted by Crippen LogP contribution is 2.14. The summed E-state index contributed by atoms with van der Waals surface area (Å²) in [6.45, 7) is 2.08. The Morgan fingerprint density at radius 3 is 2.64 bits per heavy atom. The summed E-state index contributed by atoms with van der Waals surface area (Å²) < 4.78 is 0. The molecule has 11 heavy (non-hydrogen) atoms. The van der Waals surface area contributed by atoms with Gasteiger partial charge in [-0.1, -0.05) is 0 Å². The van der Waals surface area contributed by atoms with Gasteiger partial charge < -0.3 is 5.73 Å². The maximum Gasteiger partial charge on any atom is 0.186 e. The van der Waals surface area contributed by atoms with Crippen LogP contribution < -0.4 is 5.73 Å². The minimum atomic E-state index is 0. The van der Waals surface area contributed by atoms with Gasteiger partial charge in [0.15, 0.2) is 5.78 Å². The molecule has 2 N–H and O–H groups in total. The van der Waals surface area contributed by atoms with Crippen LogP contribution in [0.1, 0.15) is 14.5 Å². The summed E-state index contributed by atoms with van der Waals surface area (Å²) in [5.74, 6) is 0.0260. The first kappa shape index (κ1) is 10.6. The molecule has 4 heteroatoms. The Balaban J connectivity index is 0.000001000. The number of carbonyl (C=O) groups is 1. The van der Waals surface area contributed by atoms with Crippen molar-refractivity contribution in [3.8, 4) is 0 Å². The molecule has 2 nitrogen and oxygen atoms in total. The van der Waals surface area contributed by atoms with Crippen LogP contribution in [0.2, 0.25) is 0 Å². The Morgan fingerprint density at radius 2 is 2.27 bits per heavy atom. The van der Waals surface area contributed by atoms with Crippen molar-refractivity contribution in [3.05, 3.63) is 21.9 Å². The lowest BCUT2D eigenvalue weighted by atomic mass is 10.3. The molecule has 0 saturated carbocycles. The van der Waals surface area contributed by atoms with E-state index in [-0.39, 0.29) is 24.7 Å². The Bertz CT molecular complexity index is 246. The minimum Gasteiger partial charge on any atom is -0.324 e. The SMILES string of the molecule is Cc1ccc(C(=O)CN)s1.Cl. The molecule has 62 valence electrons. The van der Waals surface area contributed by atoms with Gasteiger partial charge in [0.1, 0.15) is 0 Å². The van der Waals surface area contributed by atoms with Gasteiger partial charge >= 0.3 is 0 Å². The molecule has 0 unspecified atom stereocenters. The number of carbonyl (C=O) groups excluding carboxylic acids is 1. The molecular formula is C7H10ClNOS. The van der Waals surface area contributed by atoms with Crippen LogP contribution in [0.5, 0.6) is 0 Å². The number of hydrogen-bond acceptors (Lipinski definition) is 3. The van der Waals surface area contributed by atoms with E-state index in [1.807, 2.05) is 19.1 Å². The average Bonchev–Trinajstić information content (AvgIpc) is 2.34. The van der Waals surface area contributed by atoms with Gasteiger partial charge in [0.2, 0.25) is 0 Å². The fourth-order valence-corrected chi connectivity index (χ4v) is 1.50. The number of nitrogens with two attached hydrogens (primary N) is 1. The lowest BCUT2D eigenvalue weighted by Crippen LogP contribution is -2.11. The molecule has 1 aromatic rings. The molecule has 1 rings (SSSR count). The summed E-state index contributed by atoms with van der Waals surface area (Å²) in [4.78, 5) is 12.8. The normalized spacial score (nSPS) is 8.91. The van der Waals surface area contributed by atoms with E-state index in [9.17, 15) is 4.79 Å². The highest BCUT2D eigenvalue weighted by molar-refractivity contribution is 7.14. The number of halogens is 1. The van der Waals surface area contributed by atoms with Crippen molar-refractivity contribution < 1.29 is 4.79 Å². The van der Waals surface area contributed by atoms with Crippen LogP contribution in [0, 0.1) is 6.92 Å². The van der Waals surface area contributed by atoms with E-state index in [0.29, 0.717) is 0 Å². The standard InChI is InChI=1S/C7H9NOS.ClH/c1-5-2-3-7(10-5)6(9)4-8;/h2-3H,4,8H2,1H3;1H. The van der Waals surface area contributed by atoms with Gasteiger partial charge in [-0.3, -0.25) is 4.79 Å². The zero-order valence-electron chi connectivity index (χ0n) is 6.16. The molecule has 0 saturated heterocycles. The number of Topliss-reactive ketones (excluding diaryl/α,β-unsaturated/α-hetero) is 1. The van der Waals surface area contributed by atoms with Crippen LogP contribution in [-0.4, -0.2) is 12.3 Å². The lowest BCUT2D eigenvalue weighted by Gasteiger charge is -1.87. The van der Waals surface area contributed by atoms with E-state index in [2.05, 4.69) is 0 Å². The second kappa shape index (κ2) is 4.49. The fraction of sp³-hybridized carbons (Fsp3) is 0.286. The predicted molar refractivity (Wildman–Crippen MR) is 49.7 cm³/mol. The smallest absolute Gasteiger partial charge is 0.186 e. The van der Waals surface area contributed by atoms with E-state index >= 15 is 0 Å². The number of ketones is 1. The van der Waals surface area contributed by atoms with E-state index in [1.165, 1.54) is 11.3 Å². The number of rotatable bonds is 2. The molecule has 0 spiro atoms. The van der Waals surface area contributed by atoms with Gasteiger partial charge in [-0.2, -0.15) is 0 Å². The summed E-state index contributed by atoms with van der Waals surface area (Å²) in [5, 5.41) is 0. The molecule has 0 atom stereocenters. The third kappa shape index (κ3) is 2.61. The van der Waals surface area contributed by atoms with Crippen molar-refractivity contribution in [2.45, 2.75) is 6.92 Å². The van der Waals surface area contributed by atoms with Crippen molar-refractivity contribution in [1.82, 2.24) is 0 Å². The third-order valence-electron chi connectivity index (χ3n) is 1.20. The van der Waals surface area contributed by atoms with Crippen LogP contribution in [0.15, 0.2) is 12.1 Å². The molecule has 0 fully saturated rings. The second-order valence-electron chi connectivity index (χ2n) is 2.04. The summed E-state index contributed by atoms with van der Waals surface area (Å²) in [6.07, 6.45) is 0. The van der Waals surface area contributed by atoms with Gasteiger partial charge in [0.05, 0.1) is 11.4 Å². The van der Waals surface area contributed by atoms with E-state index in [0.717, 1.165) is 9.75 Å². The van der Waals surface area contributed by atoms with Crippen LogP contribution in [0.25, 0.3) is 0 Å². The molecule has 0 aliphatic heterocycles. The maximum atomic E-state index is 10.9. The van der Waals surface area contributed by atoms with E-state index < -0.39 is 0 Å². The van der Waals surface area contributed by atoms with Crippen LogP contribution in [0.4, 0.5) is 0 Å². The average molecular weight is 192 g/mol. The maximum absolute atomic E-state index is 10.9. The largest absolute Gasteiger partial charge is 0.324 e. The second-order valence-corrected chi connectivity index (χ2v) is 3.33. The first-order valence-corrected chi connectivity index (χ1v) is 3.85. The number of aryl methyl sites for hydroxylation is 1. The summed E-state index contributed by atoms with van der Waals surface area (Å²) >= 11 is 1.49. The van der Waals surface area contributed by atoms with Gasteiger partial charge in [-0.15, -0.1) is 23.7 Å². The highest BCUT2D eigenvalue weighted by atomic mass is 35.5. The minimum absolute atomic E-state index is 0. The Hall–Kier alpha value is -0.380. The summed E-state index contributed by atoms with van der Waals surface area (Å²) in [7, 11) is 0. The molecular weight excluding hydrogens is 182 g/mol. The Labute approximate surface area is 75.8 Å². The van der Waals surface area contributed by atoms with Crippen molar-refractivity contribution in [2.24, 2.45) is 5.73 Å². The van der Waals surface area contributed by atoms with Crippen molar-refractivity contribution in [1.29, 1.82) is 0 Å². The quantitative estimate of drug-likeness (QED) is 0.722. The van der Waals surface area contributed by atoms with Crippen LogP contribution in [-0.2, 0) is 0 Å². The molecule has 0 aromatic carbocycles. The summed E-state index contributed by atoms with van der Waals surface area (Å²) in [6, 6.07) is 3.74. The monoisotopic (exact) mass is 191 g/mol. The number of hydrogen-bond donors (Lipinski definition) is 1. The van der Waals surface area contributed by atoms with Crippen LogP contribution in [0.3, 0.4) is 0 Å². The van der Waals surface area contributed by atoms with Crippen LogP contribution >= 0.6 is 23.7 Å². The van der Waals surface area contributed by atoms with Gasteiger partial charge in [-0.05, 0) is 19.1 Å². The molecule has 0 aliphatic rings. The molecule has 0 radical (unpaired) electrons. The topological polar surface area (TPSA) is 43.1 Å². The lowest BCUT2D eigenvalue weighted by molar-refractivity contribution is 0.100. The zero-order valence-corrected chi connectivity index (χ0v) is 7.80. The zero-order chi connectivity index (χ0) is 7.56. The van der Waals surface area contributed by atoms with Crippen molar-refractivity contribution in [2.75, 3.05) is 6.54 Å². The van der Waals surface area contributed by atoms with Gasteiger partial charge in [0.25, 0.3) is 0 Å². The fourth-order valence-electron chi connectivity index (χ4n) is 0.685. The Kier molecular flexibility index (Phi) is 4.33. The van der Waals surface area contributed by atoms with Crippen molar-refractivity contribution in [3.63, 3.8) is 0 Å². The molecule has 0 aliphatic carbocycles. The Morgan fingerprint density at radius 1 is 1.64 bits per heavy atom. The van der Waals surface area contributed by atoms with Gasteiger partial charge in [0, 0.05) is 4.88 Å². The number of thiophene rings is 1. The summed E-state index contributed by atoms with van der Waals surface area (Å²) in [5.41, 5.74) is 5.17. The highest BCUT2D eigenvalue weighted by Gasteiger charge is 2.03. The van der Waals surface area contributed by atoms with Gasteiger partial charge in [-0.25, -0.2) is 0 Å². The van der Waals surface area contributed by atoms with E-state index in [1.54, 1.807) is 0 Å². The van der Waals surface area contributed by atoms with Crippen molar-refractivity contribution >= 4 is 29.5 Å². The molecule has 0 bridgehead atoms. The van der Waals surface area contributed by atoms with E-state index in [4.69, 9.17) is 5.73 Å². The first-order valence-electron chi connectivity index (χ1n) is 3.03. The predicted octanol–water partition coefficient (Wildman–Crippen LogP) is 1.62.